The Kier molecular flexibility index (Phi) is 3.85. The number of halogens is 1. The highest BCUT2D eigenvalue weighted by Crippen LogP contribution is 2.21. The predicted octanol–water partition coefficient (Wildman–Crippen LogP) is 1.70. The summed E-state index contributed by atoms with van der Waals surface area (Å²) >= 11 is 6.14. The zero-order chi connectivity index (χ0) is 15.0. The average Bonchev–Trinajstić information content (AvgIpc) is 2.79. The molecule has 0 unspecified atom stereocenters. The normalized spacial score (nSPS) is 10.9. The molecule has 0 aromatic carbocycles. The smallest absolute Gasteiger partial charge is 0.273 e. The standard InChI is InChI=1S/C13H18ClN5O/c1-8-10(7-18(4)15-8)6-17(3)13(20)12-11(14)9(2)16-19(12)5/h7H,6H2,1-5H3. The van der Waals surface area contributed by atoms with Crippen molar-refractivity contribution in [1.82, 2.24) is 24.5 Å². The van der Waals surface area contributed by atoms with Crippen LogP contribution in [-0.2, 0) is 20.6 Å². The van der Waals surface area contributed by atoms with Crippen LogP contribution >= 0.6 is 11.6 Å². The van der Waals surface area contributed by atoms with Gasteiger partial charge < -0.3 is 4.90 Å². The summed E-state index contributed by atoms with van der Waals surface area (Å²) in [6.07, 6.45) is 1.91. The molecule has 0 atom stereocenters. The van der Waals surface area contributed by atoms with Crippen molar-refractivity contribution in [3.63, 3.8) is 0 Å². The average molecular weight is 296 g/mol. The molecule has 7 heteroatoms. The third kappa shape index (κ3) is 2.56. The van der Waals surface area contributed by atoms with Crippen LogP contribution in [0.5, 0.6) is 0 Å². The molecule has 2 heterocycles. The largest absolute Gasteiger partial charge is 0.336 e. The van der Waals surface area contributed by atoms with Crippen molar-refractivity contribution >= 4 is 17.5 Å². The van der Waals surface area contributed by atoms with Gasteiger partial charge in [-0.25, -0.2) is 0 Å². The second kappa shape index (κ2) is 5.28. The van der Waals surface area contributed by atoms with Gasteiger partial charge in [-0.1, -0.05) is 11.6 Å². The molecule has 2 aromatic rings. The maximum absolute atomic E-state index is 12.5. The minimum atomic E-state index is -0.152. The van der Waals surface area contributed by atoms with Crippen molar-refractivity contribution in [1.29, 1.82) is 0 Å². The maximum Gasteiger partial charge on any atom is 0.273 e. The summed E-state index contributed by atoms with van der Waals surface area (Å²) in [5.41, 5.74) is 2.99. The van der Waals surface area contributed by atoms with Crippen molar-refractivity contribution < 1.29 is 4.79 Å². The van der Waals surface area contributed by atoms with E-state index in [-0.39, 0.29) is 5.91 Å². The molecule has 0 saturated heterocycles. The quantitative estimate of drug-likeness (QED) is 0.866. The summed E-state index contributed by atoms with van der Waals surface area (Å²) in [6, 6.07) is 0. The molecule has 0 N–H and O–H groups in total. The van der Waals surface area contributed by atoms with E-state index >= 15 is 0 Å². The summed E-state index contributed by atoms with van der Waals surface area (Å²) in [5, 5.41) is 8.84. The minimum Gasteiger partial charge on any atom is -0.336 e. The summed E-state index contributed by atoms with van der Waals surface area (Å²) in [4.78, 5) is 14.1. The Morgan fingerprint density at radius 2 is 1.95 bits per heavy atom. The molecule has 0 radical (unpaired) electrons. The molecule has 108 valence electrons. The van der Waals surface area contributed by atoms with Gasteiger partial charge in [0.1, 0.15) is 5.69 Å². The highest BCUT2D eigenvalue weighted by Gasteiger charge is 2.22. The van der Waals surface area contributed by atoms with E-state index in [4.69, 9.17) is 11.6 Å². The third-order valence-corrected chi connectivity index (χ3v) is 3.67. The van der Waals surface area contributed by atoms with Gasteiger partial charge in [0.25, 0.3) is 5.91 Å². The lowest BCUT2D eigenvalue weighted by Crippen LogP contribution is -2.28. The second-order valence-corrected chi connectivity index (χ2v) is 5.32. The first kappa shape index (κ1) is 14.6. The maximum atomic E-state index is 12.5. The molecule has 2 aromatic heterocycles. The van der Waals surface area contributed by atoms with E-state index in [1.807, 2.05) is 20.2 Å². The Hall–Kier alpha value is -1.82. The number of hydrogen-bond acceptors (Lipinski definition) is 3. The fraction of sp³-hybridized carbons (Fsp3) is 0.462. The van der Waals surface area contributed by atoms with Crippen LogP contribution in [0.15, 0.2) is 6.20 Å². The fourth-order valence-corrected chi connectivity index (χ4v) is 2.42. The van der Waals surface area contributed by atoms with E-state index in [0.29, 0.717) is 23.0 Å². The van der Waals surface area contributed by atoms with Crippen LogP contribution in [-0.4, -0.2) is 37.4 Å². The fourth-order valence-electron chi connectivity index (χ4n) is 2.18. The number of hydrogen-bond donors (Lipinski definition) is 0. The number of aryl methyl sites for hydroxylation is 4. The molecule has 0 bridgehead atoms. The van der Waals surface area contributed by atoms with Crippen molar-refractivity contribution in [2.75, 3.05) is 7.05 Å². The molecule has 0 aliphatic heterocycles. The zero-order valence-electron chi connectivity index (χ0n) is 12.3. The first-order valence-corrected chi connectivity index (χ1v) is 6.62. The molecule has 0 aliphatic rings. The molecule has 6 nitrogen and oxygen atoms in total. The molecular formula is C13H18ClN5O. The molecule has 0 aliphatic carbocycles. The van der Waals surface area contributed by atoms with Gasteiger partial charge >= 0.3 is 0 Å². The first-order valence-electron chi connectivity index (χ1n) is 6.25. The summed E-state index contributed by atoms with van der Waals surface area (Å²) in [6.45, 7) is 4.19. The molecule has 0 spiro atoms. The Morgan fingerprint density at radius 3 is 2.40 bits per heavy atom. The van der Waals surface area contributed by atoms with Gasteiger partial charge in [-0.05, 0) is 13.8 Å². The highest BCUT2D eigenvalue weighted by molar-refractivity contribution is 6.34. The van der Waals surface area contributed by atoms with Crippen LogP contribution in [0.1, 0.15) is 27.4 Å². The predicted molar refractivity (Wildman–Crippen MR) is 76.7 cm³/mol. The van der Waals surface area contributed by atoms with E-state index in [0.717, 1.165) is 11.3 Å². The van der Waals surface area contributed by atoms with Gasteiger partial charge in [0, 0.05) is 39.4 Å². The van der Waals surface area contributed by atoms with E-state index in [1.54, 1.807) is 30.6 Å². The van der Waals surface area contributed by atoms with Crippen LogP contribution in [0.25, 0.3) is 0 Å². The molecule has 2 rings (SSSR count). The monoisotopic (exact) mass is 295 g/mol. The summed E-state index contributed by atoms with van der Waals surface area (Å²) < 4.78 is 3.26. The highest BCUT2D eigenvalue weighted by atomic mass is 35.5. The van der Waals surface area contributed by atoms with Crippen LogP contribution < -0.4 is 0 Å². The van der Waals surface area contributed by atoms with Gasteiger partial charge in [-0.15, -0.1) is 0 Å². The molecule has 20 heavy (non-hydrogen) atoms. The van der Waals surface area contributed by atoms with Gasteiger partial charge in [0.05, 0.1) is 16.4 Å². The van der Waals surface area contributed by atoms with Crippen molar-refractivity contribution in [3.05, 3.63) is 33.9 Å². The molecule has 0 fully saturated rings. The summed E-state index contributed by atoms with van der Waals surface area (Å²) in [7, 11) is 5.32. The van der Waals surface area contributed by atoms with Gasteiger partial charge in [0.15, 0.2) is 0 Å². The zero-order valence-corrected chi connectivity index (χ0v) is 13.1. The molecule has 1 amide bonds. The third-order valence-electron chi connectivity index (χ3n) is 3.22. The van der Waals surface area contributed by atoms with Crippen LogP contribution in [0.2, 0.25) is 5.02 Å². The van der Waals surface area contributed by atoms with Crippen LogP contribution in [0, 0.1) is 13.8 Å². The van der Waals surface area contributed by atoms with Gasteiger partial charge in [-0.2, -0.15) is 10.2 Å². The van der Waals surface area contributed by atoms with Crippen molar-refractivity contribution in [2.45, 2.75) is 20.4 Å². The van der Waals surface area contributed by atoms with E-state index in [2.05, 4.69) is 10.2 Å². The second-order valence-electron chi connectivity index (χ2n) is 4.95. The van der Waals surface area contributed by atoms with Crippen LogP contribution in [0.4, 0.5) is 0 Å². The van der Waals surface area contributed by atoms with E-state index in [1.165, 1.54) is 4.68 Å². The van der Waals surface area contributed by atoms with Gasteiger partial charge in [0.2, 0.25) is 0 Å². The minimum absolute atomic E-state index is 0.152. The number of amides is 1. The Morgan fingerprint density at radius 1 is 1.30 bits per heavy atom. The number of carbonyl (C=O) groups excluding carboxylic acids is 1. The first-order chi connectivity index (χ1) is 9.31. The summed E-state index contributed by atoms with van der Waals surface area (Å²) in [5.74, 6) is -0.152. The number of aromatic nitrogens is 4. The molecular weight excluding hydrogens is 278 g/mol. The lowest BCUT2D eigenvalue weighted by Gasteiger charge is -2.17. The number of carbonyl (C=O) groups is 1. The number of nitrogens with zero attached hydrogens (tertiary/aromatic N) is 5. The Balaban J connectivity index is 2.23. The van der Waals surface area contributed by atoms with E-state index < -0.39 is 0 Å². The Bertz CT molecular complexity index is 658. The van der Waals surface area contributed by atoms with Gasteiger partial charge in [-0.3, -0.25) is 14.2 Å². The Labute approximate surface area is 122 Å². The van der Waals surface area contributed by atoms with E-state index in [9.17, 15) is 4.79 Å². The van der Waals surface area contributed by atoms with Crippen molar-refractivity contribution in [3.8, 4) is 0 Å². The lowest BCUT2D eigenvalue weighted by atomic mass is 10.2. The lowest BCUT2D eigenvalue weighted by molar-refractivity contribution is 0.0774. The number of rotatable bonds is 3. The SMILES string of the molecule is Cc1nn(C)cc1CN(C)C(=O)c1c(Cl)c(C)nn1C. The van der Waals surface area contributed by atoms with Crippen LogP contribution in [0.3, 0.4) is 0 Å². The van der Waals surface area contributed by atoms with Crippen molar-refractivity contribution in [2.24, 2.45) is 14.1 Å². The topological polar surface area (TPSA) is 56.0 Å². The molecule has 0 saturated carbocycles.